The third-order valence-corrected chi connectivity index (χ3v) is 12.2. The van der Waals surface area contributed by atoms with Gasteiger partial charge in [0.05, 0.1) is 18.4 Å². The van der Waals surface area contributed by atoms with Crippen molar-refractivity contribution < 1.29 is 28.3 Å². The van der Waals surface area contributed by atoms with Gasteiger partial charge >= 0.3 is 11.9 Å². The van der Waals surface area contributed by atoms with E-state index in [0.29, 0.717) is 32.5 Å². The monoisotopic (exact) mass is 424 g/mol. The number of carbonyl (C=O) groups is 3. The maximum Gasteiger partial charge on any atom is 0.308 e. The topological polar surface area (TPSA) is 78.9 Å². The Labute approximate surface area is 175 Å². The molecule has 164 valence electrons. The average molecular weight is 425 g/mol. The predicted molar refractivity (Wildman–Crippen MR) is 111 cm³/mol. The number of esters is 2. The van der Waals surface area contributed by atoms with Crippen LogP contribution in [0.5, 0.6) is 0 Å². The van der Waals surface area contributed by atoms with Gasteiger partial charge < -0.3 is 13.9 Å². The minimum atomic E-state index is -1.96. The smallest absolute Gasteiger partial charge is 0.308 e. The van der Waals surface area contributed by atoms with Crippen LogP contribution in [0.2, 0.25) is 18.1 Å². The number of ether oxygens (including phenoxy) is 2. The number of fused-ring (bicyclic) bond motifs is 6. The molecule has 1 heterocycles. The average Bonchev–Trinajstić information content (AvgIpc) is 2.75. The number of ketones is 1. The van der Waals surface area contributed by atoms with Gasteiger partial charge in [0.1, 0.15) is 11.9 Å². The van der Waals surface area contributed by atoms with E-state index in [1.165, 1.54) is 0 Å². The summed E-state index contributed by atoms with van der Waals surface area (Å²) in [5, 5.41) is 0.0883. The van der Waals surface area contributed by atoms with Gasteiger partial charge in [-0.2, -0.15) is 0 Å². The van der Waals surface area contributed by atoms with Gasteiger partial charge in [-0.1, -0.05) is 20.8 Å². The van der Waals surface area contributed by atoms with E-state index in [1.807, 2.05) is 0 Å². The molecule has 7 heteroatoms. The molecule has 0 N–H and O–H groups in total. The Kier molecular flexibility index (Phi) is 6.31. The zero-order valence-electron chi connectivity index (χ0n) is 18.7. The van der Waals surface area contributed by atoms with E-state index in [1.54, 1.807) is 6.92 Å². The van der Waals surface area contributed by atoms with Crippen LogP contribution in [0, 0.1) is 29.6 Å². The molecule has 0 aromatic carbocycles. The van der Waals surface area contributed by atoms with Gasteiger partial charge in [0.15, 0.2) is 8.32 Å². The second-order valence-electron chi connectivity index (χ2n) is 10.4. The number of hydrogen-bond acceptors (Lipinski definition) is 6. The fourth-order valence-electron chi connectivity index (χ4n) is 4.96. The molecule has 0 spiro atoms. The molecule has 3 fully saturated rings. The summed E-state index contributed by atoms with van der Waals surface area (Å²) in [6, 6.07) is 0. The number of carbonyl (C=O) groups excluding carboxylic acids is 3. The van der Waals surface area contributed by atoms with Crippen molar-refractivity contribution in [2.24, 2.45) is 29.6 Å². The lowest BCUT2D eigenvalue weighted by atomic mass is 9.62. The first-order valence-corrected chi connectivity index (χ1v) is 13.9. The molecule has 1 aliphatic heterocycles. The van der Waals surface area contributed by atoms with Crippen molar-refractivity contribution in [3.05, 3.63) is 0 Å². The van der Waals surface area contributed by atoms with Crippen LogP contribution in [-0.2, 0) is 28.3 Å². The largest absolute Gasteiger partial charge is 0.466 e. The molecule has 3 rings (SSSR count). The minimum absolute atomic E-state index is 0.0236. The molecule has 3 aliphatic rings. The van der Waals surface area contributed by atoms with Crippen molar-refractivity contribution in [2.75, 3.05) is 13.2 Å². The molecule has 0 aromatic rings. The van der Waals surface area contributed by atoms with Crippen molar-refractivity contribution in [1.82, 2.24) is 0 Å². The van der Waals surface area contributed by atoms with Crippen LogP contribution in [0.3, 0.4) is 0 Å². The van der Waals surface area contributed by atoms with Gasteiger partial charge in [-0.15, -0.1) is 0 Å². The van der Waals surface area contributed by atoms with Crippen LogP contribution in [0.25, 0.3) is 0 Å². The lowest BCUT2D eigenvalue weighted by Crippen LogP contribution is -2.57. The van der Waals surface area contributed by atoms with Crippen molar-refractivity contribution >= 4 is 26.0 Å². The second-order valence-corrected chi connectivity index (χ2v) is 15.2. The molecule has 4 bridgehead atoms. The highest BCUT2D eigenvalue weighted by Crippen LogP contribution is 2.50. The summed E-state index contributed by atoms with van der Waals surface area (Å²) in [6.45, 7) is 13.7. The summed E-state index contributed by atoms with van der Waals surface area (Å²) in [7, 11) is -1.96. The molecule has 2 unspecified atom stereocenters. The number of rotatable bonds is 5. The Morgan fingerprint density at radius 3 is 2.48 bits per heavy atom. The molecule has 2 saturated carbocycles. The summed E-state index contributed by atoms with van der Waals surface area (Å²) >= 11 is 0. The number of hydrogen-bond donors (Lipinski definition) is 0. The van der Waals surface area contributed by atoms with E-state index >= 15 is 0 Å². The molecular formula is C22H36O6Si. The summed E-state index contributed by atoms with van der Waals surface area (Å²) in [4.78, 5) is 37.9. The molecule has 6 nitrogen and oxygen atoms in total. The highest BCUT2D eigenvalue weighted by molar-refractivity contribution is 6.74. The van der Waals surface area contributed by atoms with Crippen LogP contribution in [-0.4, -0.2) is 45.4 Å². The molecule has 2 aliphatic carbocycles. The minimum Gasteiger partial charge on any atom is -0.466 e. The third kappa shape index (κ3) is 4.31. The molecular weight excluding hydrogens is 388 g/mol. The summed E-state index contributed by atoms with van der Waals surface area (Å²) in [6.07, 6.45) is 1.48. The quantitative estimate of drug-likeness (QED) is 0.494. The van der Waals surface area contributed by atoms with Crippen LogP contribution >= 0.6 is 0 Å². The zero-order chi connectivity index (χ0) is 21.6. The lowest BCUT2D eigenvalue weighted by Gasteiger charge is -2.49. The molecule has 0 aromatic heterocycles. The lowest BCUT2D eigenvalue weighted by molar-refractivity contribution is -0.184. The first-order valence-electron chi connectivity index (χ1n) is 11.0. The highest BCUT2D eigenvalue weighted by Gasteiger charge is 2.57. The van der Waals surface area contributed by atoms with E-state index < -0.39 is 14.4 Å². The normalized spacial score (nSPS) is 35.0. The van der Waals surface area contributed by atoms with Gasteiger partial charge in [-0.05, 0) is 50.2 Å². The van der Waals surface area contributed by atoms with E-state index in [9.17, 15) is 14.4 Å². The Bertz CT molecular complexity index is 667. The first-order chi connectivity index (χ1) is 13.5. The third-order valence-electron chi connectivity index (χ3n) is 7.71. The highest BCUT2D eigenvalue weighted by atomic mass is 28.4. The van der Waals surface area contributed by atoms with Gasteiger partial charge in [-0.25, -0.2) is 0 Å². The Hall–Kier alpha value is -1.21. The Morgan fingerprint density at radius 2 is 1.86 bits per heavy atom. The standard InChI is InChI=1S/C22H36O6Si/c1-7-26-21(25)13-8-9-14-19(24)16(10-13)15-11-18(23)28-20(14)17(15)12-27-29(5,6)22(2,3)4/h13-17,20H,7-12H2,1-6H3/t13-,14-,15?,16-,17?,20+/m1/s1. The van der Waals surface area contributed by atoms with Gasteiger partial charge in [0, 0.05) is 24.9 Å². The van der Waals surface area contributed by atoms with Crippen molar-refractivity contribution in [1.29, 1.82) is 0 Å². The molecule has 29 heavy (non-hydrogen) atoms. The van der Waals surface area contributed by atoms with E-state index in [0.717, 1.165) is 0 Å². The molecule has 6 atom stereocenters. The van der Waals surface area contributed by atoms with Crippen LogP contribution in [0.4, 0.5) is 0 Å². The van der Waals surface area contributed by atoms with E-state index in [-0.39, 0.29) is 58.8 Å². The van der Waals surface area contributed by atoms with Crippen LogP contribution in [0.1, 0.15) is 53.4 Å². The van der Waals surface area contributed by atoms with Crippen molar-refractivity contribution in [3.8, 4) is 0 Å². The van der Waals surface area contributed by atoms with E-state index in [2.05, 4.69) is 33.9 Å². The Morgan fingerprint density at radius 1 is 1.17 bits per heavy atom. The second kappa shape index (κ2) is 8.14. The van der Waals surface area contributed by atoms with Crippen LogP contribution < -0.4 is 0 Å². The maximum atomic E-state index is 13.2. The Balaban J connectivity index is 1.85. The molecule has 0 amide bonds. The fourth-order valence-corrected chi connectivity index (χ4v) is 6.00. The van der Waals surface area contributed by atoms with Gasteiger partial charge in [0.2, 0.25) is 0 Å². The van der Waals surface area contributed by atoms with E-state index in [4.69, 9.17) is 13.9 Å². The van der Waals surface area contributed by atoms with Crippen molar-refractivity contribution in [3.63, 3.8) is 0 Å². The first kappa shape index (κ1) is 22.5. The van der Waals surface area contributed by atoms with Crippen LogP contribution in [0.15, 0.2) is 0 Å². The molecule has 1 saturated heterocycles. The SMILES string of the molecule is CCOC(=O)[C@@H]1CC[C@@H]2C(=O)[C@H](C1)C1CC(=O)O[C@@H]2C1CO[Si](C)(C)C(C)(C)C. The van der Waals surface area contributed by atoms with Gasteiger partial charge in [-0.3, -0.25) is 14.4 Å². The number of Topliss-reactive ketones (excluding diaryl/α,β-unsaturated/α-hetero) is 1. The summed E-state index contributed by atoms with van der Waals surface area (Å²) in [5.74, 6) is -1.24. The summed E-state index contributed by atoms with van der Waals surface area (Å²) in [5.41, 5.74) is 0. The molecule has 0 radical (unpaired) electrons. The van der Waals surface area contributed by atoms with Gasteiger partial charge in [0.25, 0.3) is 0 Å². The predicted octanol–water partition coefficient (Wildman–Crippen LogP) is 3.73. The summed E-state index contributed by atoms with van der Waals surface area (Å²) < 4.78 is 17.5. The zero-order valence-corrected chi connectivity index (χ0v) is 19.7. The maximum absolute atomic E-state index is 13.2. The fraction of sp³-hybridized carbons (Fsp3) is 0.864. The van der Waals surface area contributed by atoms with Crippen molar-refractivity contribution in [2.45, 2.75) is 77.6 Å².